The van der Waals surface area contributed by atoms with E-state index < -0.39 is 11.6 Å². The maximum atomic E-state index is 11.6. The number of rotatable bonds is 6. The van der Waals surface area contributed by atoms with E-state index in [9.17, 15) is 9.90 Å². The molecule has 0 radical (unpaired) electrons. The standard InChI is InChI=1S/C14H28N2O3/c1-11(2)16(9-12-7-5-6-8-15-12)10-14(3,18)13(17)19-4/h11-12,15,18H,5-10H2,1-4H3. The van der Waals surface area contributed by atoms with E-state index in [4.69, 9.17) is 0 Å². The average molecular weight is 272 g/mol. The quantitative estimate of drug-likeness (QED) is 0.699. The number of carbonyl (C=O) groups excluding carboxylic acids is 1. The Morgan fingerprint density at radius 1 is 1.53 bits per heavy atom. The Kier molecular flexibility index (Phi) is 6.23. The second kappa shape index (κ2) is 7.22. The van der Waals surface area contributed by atoms with E-state index in [1.807, 2.05) is 0 Å². The monoisotopic (exact) mass is 272 g/mol. The summed E-state index contributed by atoms with van der Waals surface area (Å²) in [7, 11) is 1.30. The maximum Gasteiger partial charge on any atom is 0.338 e. The Balaban J connectivity index is 2.59. The third kappa shape index (κ3) is 5.09. The molecule has 0 aromatic carbocycles. The lowest BCUT2D eigenvalue weighted by atomic mass is 10.0. The van der Waals surface area contributed by atoms with Crippen molar-refractivity contribution in [3.8, 4) is 0 Å². The van der Waals surface area contributed by atoms with Gasteiger partial charge in [-0.25, -0.2) is 4.79 Å². The van der Waals surface area contributed by atoms with Crippen LogP contribution in [0.15, 0.2) is 0 Å². The first-order valence-electron chi connectivity index (χ1n) is 7.15. The zero-order chi connectivity index (χ0) is 14.5. The third-order valence-corrected chi connectivity index (χ3v) is 3.73. The van der Waals surface area contributed by atoms with Gasteiger partial charge in [0.25, 0.3) is 0 Å². The molecule has 2 N–H and O–H groups in total. The van der Waals surface area contributed by atoms with E-state index in [1.54, 1.807) is 0 Å². The van der Waals surface area contributed by atoms with Gasteiger partial charge in [-0.3, -0.25) is 4.90 Å². The molecule has 1 aliphatic heterocycles. The van der Waals surface area contributed by atoms with Crippen molar-refractivity contribution < 1.29 is 14.6 Å². The maximum absolute atomic E-state index is 11.6. The molecule has 2 unspecified atom stereocenters. The van der Waals surface area contributed by atoms with Crippen LogP contribution >= 0.6 is 0 Å². The lowest BCUT2D eigenvalue weighted by Crippen LogP contribution is -2.53. The van der Waals surface area contributed by atoms with Crippen LogP contribution in [0.25, 0.3) is 0 Å². The predicted octanol–water partition coefficient (Wildman–Crippen LogP) is 0.763. The van der Waals surface area contributed by atoms with Crippen molar-refractivity contribution in [2.24, 2.45) is 0 Å². The molecule has 0 aliphatic carbocycles. The minimum absolute atomic E-state index is 0.278. The minimum Gasteiger partial charge on any atom is -0.467 e. The van der Waals surface area contributed by atoms with Crippen LogP contribution in [-0.2, 0) is 9.53 Å². The number of nitrogens with one attached hydrogen (secondary N) is 1. The molecular weight excluding hydrogens is 244 g/mol. The summed E-state index contributed by atoms with van der Waals surface area (Å²) >= 11 is 0. The molecule has 0 bridgehead atoms. The Morgan fingerprint density at radius 2 is 2.21 bits per heavy atom. The second-order valence-corrected chi connectivity index (χ2v) is 5.94. The Labute approximate surface area is 116 Å². The number of hydrogen-bond donors (Lipinski definition) is 2. The van der Waals surface area contributed by atoms with Crippen LogP contribution in [-0.4, -0.2) is 60.4 Å². The van der Waals surface area contributed by atoms with Crippen LogP contribution in [0.1, 0.15) is 40.0 Å². The lowest BCUT2D eigenvalue weighted by molar-refractivity contribution is -0.162. The number of methoxy groups -OCH3 is 1. The highest BCUT2D eigenvalue weighted by atomic mass is 16.5. The number of nitrogens with zero attached hydrogens (tertiary/aromatic N) is 1. The fourth-order valence-corrected chi connectivity index (χ4v) is 2.50. The van der Waals surface area contributed by atoms with Gasteiger partial charge >= 0.3 is 5.97 Å². The van der Waals surface area contributed by atoms with E-state index >= 15 is 0 Å². The van der Waals surface area contributed by atoms with E-state index in [2.05, 4.69) is 28.8 Å². The van der Waals surface area contributed by atoms with Crippen LogP contribution in [0.3, 0.4) is 0 Å². The topological polar surface area (TPSA) is 61.8 Å². The van der Waals surface area contributed by atoms with Crippen LogP contribution in [0.5, 0.6) is 0 Å². The van der Waals surface area contributed by atoms with Crippen LogP contribution in [0.2, 0.25) is 0 Å². The van der Waals surface area contributed by atoms with E-state index in [-0.39, 0.29) is 6.04 Å². The van der Waals surface area contributed by atoms with Gasteiger partial charge in [-0.15, -0.1) is 0 Å². The van der Waals surface area contributed by atoms with Crippen LogP contribution in [0, 0.1) is 0 Å². The van der Waals surface area contributed by atoms with E-state index in [1.165, 1.54) is 26.9 Å². The summed E-state index contributed by atoms with van der Waals surface area (Å²) in [4.78, 5) is 13.7. The molecule has 0 saturated carbocycles. The normalized spacial score (nSPS) is 23.4. The summed E-state index contributed by atoms with van der Waals surface area (Å²) in [5.74, 6) is -0.574. The van der Waals surface area contributed by atoms with Crippen molar-refractivity contribution in [3.63, 3.8) is 0 Å². The summed E-state index contributed by atoms with van der Waals surface area (Å²) in [6, 6.07) is 0.726. The van der Waals surface area contributed by atoms with Crippen molar-refractivity contribution in [3.05, 3.63) is 0 Å². The van der Waals surface area contributed by atoms with Crippen molar-refractivity contribution in [1.29, 1.82) is 0 Å². The summed E-state index contributed by atoms with van der Waals surface area (Å²) in [5.41, 5.74) is -1.45. The average Bonchev–Trinajstić information content (AvgIpc) is 2.37. The smallest absolute Gasteiger partial charge is 0.338 e. The van der Waals surface area contributed by atoms with E-state index in [0.29, 0.717) is 12.6 Å². The number of aliphatic hydroxyl groups is 1. The highest BCUT2D eigenvalue weighted by Crippen LogP contribution is 2.15. The summed E-state index contributed by atoms with van der Waals surface area (Å²) in [6.07, 6.45) is 3.64. The van der Waals surface area contributed by atoms with Crippen molar-refractivity contribution in [1.82, 2.24) is 10.2 Å². The zero-order valence-corrected chi connectivity index (χ0v) is 12.6. The molecule has 1 heterocycles. The molecule has 0 aromatic heterocycles. The lowest BCUT2D eigenvalue weighted by Gasteiger charge is -2.36. The molecule has 0 aromatic rings. The number of piperidine rings is 1. The molecule has 112 valence electrons. The van der Waals surface area contributed by atoms with Gasteiger partial charge in [0.2, 0.25) is 0 Å². The van der Waals surface area contributed by atoms with Gasteiger partial charge in [0.1, 0.15) is 0 Å². The Bertz CT molecular complexity index is 286. The van der Waals surface area contributed by atoms with Crippen molar-refractivity contribution in [2.45, 2.75) is 57.7 Å². The molecule has 2 atom stereocenters. The largest absolute Gasteiger partial charge is 0.467 e. The number of esters is 1. The Hall–Kier alpha value is -0.650. The summed E-state index contributed by atoms with van der Waals surface area (Å²) < 4.78 is 4.65. The summed E-state index contributed by atoms with van der Waals surface area (Å²) in [5, 5.41) is 13.7. The van der Waals surface area contributed by atoms with Gasteiger partial charge in [-0.1, -0.05) is 6.42 Å². The number of ether oxygens (including phenoxy) is 1. The molecule has 1 saturated heterocycles. The molecule has 1 fully saturated rings. The molecule has 5 heteroatoms. The number of hydrogen-bond acceptors (Lipinski definition) is 5. The molecule has 19 heavy (non-hydrogen) atoms. The van der Waals surface area contributed by atoms with E-state index in [0.717, 1.165) is 19.5 Å². The van der Waals surface area contributed by atoms with Crippen LogP contribution < -0.4 is 5.32 Å². The molecule has 1 aliphatic rings. The number of carbonyl (C=O) groups is 1. The van der Waals surface area contributed by atoms with Gasteiger partial charge in [-0.05, 0) is 40.2 Å². The van der Waals surface area contributed by atoms with Gasteiger partial charge in [0.15, 0.2) is 5.60 Å². The first kappa shape index (κ1) is 16.4. The molecule has 0 spiro atoms. The van der Waals surface area contributed by atoms with Crippen LogP contribution in [0.4, 0.5) is 0 Å². The minimum atomic E-state index is -1.45. The molecule has 0 amide bonds. The molecular formula is C14H28N2O3. The molecule has 1 rings (SSSR count). The highest BCUT2D eigenvalue weighted by molar-refractivity contribution is 5.78. The van der Waals surface area contributed by atoms with Gasteiger partial charge in [0, 0.05) is 25.2 Å². The fraction of sp³-hybridized carbons (Fsp3) is 0.929. The Morgan fingerprint density at radius 3 is 2.68 bits per heavy atom. The molecule has 5 nitrogen and oxygen atoms in total. The highest BCUT2D eigenvalue weighted by Gasteiger charge is 2.35. The zero-order valence-electron chi connectivity index (χ0n) is 12.6. The predicted molar refractivity (Wildman–Crippen MR) is 75.0 cm³/mol. The van der Waals surface area contributed by atoms with Gasteiger partial charge in [0.05, 0.1) is 7.11 Å². The van der Waals surface area contributed by atoms with Gasteiger partial charge in [-0.2, -0.15) is 0 Å². The van der Waals surface area contributed by atoms with Crippen molar-refractivity contribution >= 4 is 5.97 Å². The second-order valence-electron chi connectivity index (χ2n) is 5.94. The SMILES string of the molecule is COC(=O)C(C)(O)CN(CC1CCCCN1)C(C)C. The van der Waals surface area contributed by atoms with Crippen molar-refractivity contribution in [2.75, 3.05) is 26.7 Å². The summed E-state index contributed by atoms with van der Waals surface area (Å²) in [6.45, 7) is 7.89. The first-order chi connectivity index (χ1) is 8.86. The third-order valence-electron chi connectivity index (χ3n) is 3.73. The first-order valence-corrected chi connectivity index (χ1v) is 7.15. The fourth-order valence-electron chi connectivity index (χ4n) is 2.50. The van der Waals surface area contributed by atoms with Gasteiger partial charge < -0.3 is 15.2 Å².